The number of amidine groups is 1. The molecule has 0 unspecified atom stereocenters. The highest BCUT2D eigenvalue weighted by Crippen LogP contribution is 2.08. The van der Waals surface area contributed by atoms with Crippen LogP contribution in [0.2, 0.25) is 0 Å². The second kappa shape index (κ2) is 6.66. The highest BCUT2D eigenvalue weighted by Gasteiger charge is 1.94. The van der Waals surface area contributed by atoms with Crippen LogP contribution in [0, 0.1) is 0 Å². The van der Waals surface area contributed by atoms with Crippen LogP contribution in [-0.2, 0) is 4.79 Å². The Hall–Kier alpha value is -1.86. The fourth-order valence-electron chi connectivity index (χ4n) is 1.03. The van der Waals surface area contributed by atoms with Gasteiger partial charge in [0, 0.05) is 12.6 Å². The molecule has 7 heteroatoms. The van der Waals surface area contributed by atoms with E-state index in [9.17, 15) is 4.79 Å². The van der Waals surface area contributed by atoms with Gasteiger partial charge >= 0.3 is 0 Å². The van der Waals surface area contributed by atoms with E-state index >= 15 is 0 Å². The lowest BCUT2D eigenvalue weighted by atomic mass is 10.2. The summed E-state index contributed by atoms with van der Waals surface area (Å²) in [6.45, 7) is 1.44. The Kier molecular flexibility index (Phi) is 5.18. The Balaban J connectivity index is 2.65. The van der Waals surface area contributed by atoms with Crippen molar-refractivity contribution >= 4 is 35.0 Å². The van der Waals surface area contributed by atoms with Crippen LogP contribution in [0.1, 0.15) is 12.5 Å². The maximum Gasteiger partial charge on any atom is 0.221 e. The number of benzene rings is 1. The molecule has 0 saturated heterocycles. The maximum atomic E-state index is 10.8. The second-order valence-electron chi connectivity index (χ2n) is 3.08. The number of nitrogens with zero attached hydrogens (tertiary/aromatic N) is 2. The molecule has 0 radical (unpaired) electrons. The summed E-state index contributed by atoms with van der Waals surface area (Å²) in [7, 11) is 0. The zero-order valence-corrected chi connectivity index (χ0v) is 9.94. The molecule has 0 saturated carbocycles. The lowest BCUT2D eigenvalue weighted by molar-refractivity contribution is -0.114. The van der Waals surface area contributed by atoms with Crippen LogP contribution in [0.3, 0.4) is 0 Å². The van der Waals surface area contributed by atoms with Crippen molar-refractivity contribution < 1.29 is 9.35 Å². The number of rotatable bonds is 3. The third-order valence-corrected chi connectivity index (χ3v) is 1.96. The largest absolute Gasteiger partial charge is 0.375 e. The molecule has 0 fully saturated rings. The Labute approximate surface area is 103 Å². The van der Waals surface area contributed by atoms with Gasteiger partial charge in [-0.3, -0.25) is 4.79 Å². The molecule has 1 rings (SSSR count). The van der Waals surface area contributed by atoms with E-state index in [0.29, 0.717) is 17.7 Å². The van der Waals surface area contributed by atoms with Crippen LogP contribution in [0.5, 0.6) is 0 Å². The van der Waals surface area contributed by atoms with Crippen molar-refractivity contribution in [2.75, 3.05) is 5.32 Å². The van der Waals surface area contributed by atoms with Gasteiger partial charge in [-0.05, 0) is 17.7 Å². The number of nitrogens with two attached hydrogens (primary N) is 1. The minimum atomic E-state index is -0.122. The van der Waals surface area contributed by atoms with Gasteiger partial charge in [0.1, 0.15) is 0 Å². The zero-order valence-electron chi connectivity index (χ0n) is 9.12. The molecule has 0 aliphatic heterocycles. The zero-order chi connectivity index (χ0) is 12.7. The molecule has 4 N–H and O–H groups in total. The highest BCUT2D eigenvalue weighted by atomic mass is 32.2. The fourth-order valence-corrected chi connectivity index (χ4v) is 1.11. The van der Waals surface area contributed by atoms with E-state index in [1.165, 1.54) is 13.1 Å². The summed E-state index contributed by atoms with van der Waals surface area (Å²) < 4.78 is 8.50. The van der Waals surface area contributed by atoms with E-state index in [2.05, 4.69) is 15.5 Å². The van der Waals surface area contributed by atoms with Gasteiger partial charge in [-0.2, -0.15) is 5.10 Å². The summed E-state index contributed by atoms with van der Waals surface area (Å²) >= 11 is 0.336. The van der Waals surface area contributed by atoms with Crippen molar-refractivity contribution in [3.8, 4) is 0 Å². The molecular weight excluding hydrogens is 240 g/mol. The molecule has 0 heterocycles. The number of hydrogen-bond acceptors (Lipinski definition) is 5. The van der Waals surface area contributed by atoms with Crippen molar-refractivity contribution in [1.82, 2.24) is 0 Å². The SMILES string of the molecule is CC(=O)Nc1ccc(/C=N/N=C(\N)SO)cc1. The first-order valence-corrected chi connectivity index (χ1v) is 5.44. The van der Waals surface area contributed by atoms with Crippen LogP contribution in [-0.4, -0.2) is 21.8 Å². The summed E-state index contributed by atoms with van der Waals surface area (Å²) in [4.78, 5) is 10.8. The average Bonchev–Trinajstić information content (AvgIpc) is 2.30. The van der Waals surface area contributed by atoms with Crippen molar-refractivity contribution in [3.63, 3.8) is 0 Å². The smallest absolute Gasteiger partial charge is 0.221 e. The molecule has 0 atom stereocenters. The molecule has 0 aliphatic rings. The van der Waals surface area contributed by atoms with Crippen molar-refractivity contribution in [2.45, 2.75) is 6.92 Å². The molecule has 0 spiro atoms. The molecule has 0 aliphatic carbocycles. The van der Waals surface area contributed by atoms with Gasteiger partial charge in [0.15, 0.2) is 0 Å². The Morgan fingerprint density at radius 3 is 2.65 bits per heavy atom. The van der Waals surface area contributed by atoms with E-state index < -0.39 is 0 Å². The molecule has 1 amide bonds. The maximum absolute atomic E-state index is 10.8. The number of nitrogens with one attached hydrogen (secondary N) is 1. The third kappa shape index (κ3) is 5.14. The quantitative estimate of drug-likeness (QED) is 0.328. The topological polar surface area (TPSA) is 100 Å². The number of amides is 1. The first kappa shape index (κ1) is 13.2. The third-order valence-electron chi connectivity index (χ3n) is 1.69. The molecule has 17 heavy (non-hydrogen) atoms. The van der Waals surface area contributed by atoms with Gasteiger partial charge in [-0.1, -0.05) is 12.1 Å². The van der Waals surface area contributed by atoms with E-state index in [0.717, 1.165) is 5.56 Å². The normalized spacial score (nSPS) is 11.8. The Bertz CT molecular complexity index is 442. The van der Waals surface area contributed by atoms with Gasteiger partial charge in [-0.25, -0.2) is 0 Å². The lowest BCUT2D eigenvalue weighted by Gasteiger charge is -2.00. The first-order valence-electron chi connectivity index (χ1n) is 4.67. The van der Waals surface area contributed by atoms with Crippen LogP contribution in [0.25, 0.3) is 0 Å². The minimum absolute atomic E-state index is 0.0314. The molecule has 90 valence electrons. The Morgan fingerprint density at radius 1 is 1.47 bits per heavy atom. The van der Waals surface area contributed by atoms with E-state index in [4.69, 9.17) is 10.3 Å². The first-order chi connectivity index (χ1) is 8.11. The van der Waals surface area contributed by atoms with Gasteiger partial charge in [0.05, 0.1) is 18.3 Å². The molecule has 0 aromatic heterocycles. The summed E-state index contributed by atoms with van der Waals surface area (Å²) in [6.07, 6.45) is 1.49. The van der Waals surface area contributed by atoms with Crippen LogP contribution < -0.4 is 11.1 Å². The minimum Gasteiger partial charge on any atom is -0.375 e. The number of carbonyl (C=O) groups is 1. The van der Waals surface area contributed by atoms with Gasteiger partial charge in [0.25, 0.3) is 0 Å². The molecular formula is C10H12N4O2S. The monoisotopic (exact) mass is 252 g/mol. The highest BCUT2D eigenvalue weighted by molar-refractivity contribution is 8.08. The number of carbonyl (C=O) groups excluding carboxylic acids is 1. The molecule has 1 aromatic rings. The molecule has 1 aromatic carbocycles. The number of anilines is 1. The summed E-state index contributed by atoms with van der Waals surface area (Å²) in [5.74, 6) is -0.122. The lowest BCUT2D eigenvalue weighted by Crippen LogP contribution is -2.05. The predicted molar refractivity (Wildman–Crippen MR) is 70.2 cm³/mol. The summed E-state index contributed by atoms with van der Waals surface area (Å²) in [5.41, 5.74) is 6.73. The van der Waals surface area contributed by atoms with Crippen molar-refractivity contribution in [2.24, 2.45) is 15.9 Å². The number of hydrogen-bond donors (Lipinski definition) is 3. The van der Waals surface area contributed by atoms with Crippen molar-refractivity contribution in [3.05, 3.63) is 29.8 Å². The molecule has 6 nitrogen and oxygen atoms in total. The summed E-state index contributed by atoms with van der Waals surface area (Å²) in [6, 6.07) is 7.03. The summed E-state index contributed by atoms with van der Waals surface area (Å²) in [5, 5.41) is 9.81. The van der Waals surface area contributed by atoms with Crippen LogP contribution >= 0.6 is 12.0 Å². The van der Waals surface area contributed by atoms with Gasteiger partial charge in [0.2, 0.25) is 11.1 Å². The fraction of sp³-hybridized carbons (Fsp3) is 0.100. The van der Waals surface area contributed by atoms with E-state index in [1.54, 1.807) is 24.3 Å². The van der Waals surface area contributed by atoms with Crippen molar-refractivity contribution in [1.29, 1.82) is 0 Å². The standard InChI is InChI=1S/C10H12N4O2S/c1-7(15)13-9-4-2-8(3-5-9)6-12-14-10(11)17-16/h2-6,16H,1H3,(H2,11,14)(H,13,15)/b12-6+. The van der Waals surface area contributed by atoms with Gasteiger partial charge in [-0.15, -0.1) is 5.10 Å². The van der Waals surface area contributed by atoms with E-state index in [1.807, 2.05) is 0 Å². The van der Waals surface area contributed by atoms with Crippen LogP contribution in [0.15, 0.2) is 34.5 Å². The molecule has 0 bridgehead atoms. The average molecular weight is 252 g/mol. The van der Waals surface area contributed by atoms with Gasteiger partial charge < -0.3 is 15.6 Å². The van der Waals surface area contributed by atoms with E-state index in [-0.39, 0.29) is 11.1 Å². The van der Waals surface area contributed by atoms with Crippen LogP contribution in [0.4, 0.5) is 5.69 Å². The predicted octanol–water partition coefficient (Wildman–Crippen LogP) is 1.50. The second-order valence-corrected chi connectivity index (χ2v) is 3.68. The Morgan fingerprint density at radius 2 is 2.12 bits per heavy atom.